The summed E-state index contributed by atoms with van der Waals surface area (Å²) in [4.78, 5) is 14.4. The molecule has 2 aliphatic heterocycles. The van der Waals surface area contributed by atoms with Crippen molar-refractivity contribution in [2.75, 3.05) is 32.9 Å². The molecule has 0 radical (unpaired) electrons. The Balaban J connectivity index is 0.00000133. The van der Waals surface area contributed by atoms with Crippen molar-refractivity contribution in [1.82, 2.24) is 10.2 Å². The molecule has 2 heterocycles. The van der Waals surface area contributed by atoms with Crippen molar-refractivity contribution in [2.24, 2.45) is 0 Å². The number of carbonyl (C=O) groups excluding carboxylic acids is 1. The highest BCUT2D eigenvalue weighted by Crippen LogP contribution is 2.30. The SMILES string of the molecule is Cl.O=C(CC1COCCN1)N1CCOC2CCCC21. The third kappa shape index (κ3) is 3.40. The zero-order valence-corrected chi connectivity index (χ0v) is 12.0. The Morgan fingerprint density at radius 3 is 3.00 bits per heavy atom. The zero-order valence-electron chi connectivity index (χ0n) is 11.2. The Kier molecular flexibility index (Phi) is 5.45. The van der Waals surface area contributed by atoms with E-state index in [9.17, 15) is 4.79 Å². The first-order chi connectivity index (χ1) is 8.84. The van der Waals surface area contributed by atoms with Gasteiger partial charge in [0.05, 0.1) is 32.0 Å². The number of morpholine rings is 2. The van der Waals surface area contributed by atoms with E-state index < -0.39 is 0 Å². The molecule has 3 atom stereocenters. The van der Waals surface area contributed by atoms with Crippen LogP contribution in [-0.2, 0) is 14.3 Å². The molecule has 0 aromatic rings. The maximum absolute atomic E-state index is 12.4. The van der Waals surface area contributed by atoms with Crippen LogP contribution in [0.1, 0.15) is 25.7 Å². The van der Waals surface area contributed by atoms with Gasteiger partial charge >= 0.3 is 0 Å². The molecule has 3 rings (SSSR count). The zero-order chi connectivity index (χ0) is 12.4. The van der Waals surface area contributed by atoms with E-state index in [4.69, 9.17) is 9.47 Å². The van der Waals surface area contributed by atoms with E-state index in [-0.39, 0.29) is 24.4 Å². The number of ether oxygens (including phenoxy) is 2. The summed E-state index contributed by atoms with van der Waals surface area (Å²) in [5, 5.41) is 3.35. The standard InChI is InChI=1S/C13H22N2O3.ClH/c16-13(8-10-9-17-6-4-14-10)15-5-7-18-12-3-1-2-11(12)15;/h10-12,14H,1-9H2;1H. The fourth-order valence-corrected chi connectivity index (χ4v) is 3.31. The largest absolute Gasteiger partial charge is 0.378 e. The Morgan fingerprint density at radius 2 is 2.21 bits per heavy atom. The second-order valence-electron chi connectivity index (χ2n) is 5.42. The molecule has 6 heteroatoms. The molecule has 1 aliphatic carbocycles. The molecule has 0 aromatic heterocycles. The summed E-state index contributed by atoms with van der Waals surface area (Å²) in [5.41, 5.74) is 0. The van der Waals surface area contributed by atoms with Crippen molar-refractivity contribution >= 4 is 18.3 Å². The molecular formula is C13H23ClN2O3. The number of nitrogens with one attached hydrogen (secondary N) is 1. The number of nitrogens with zero attached hydrogens (tertiary/aromatic N) is 1. The van der Waals surface area contributed by atoms with Crippen molar-refractivity contribution in [3.8, 4) is 0 Å². The second kappa shape index (κ2) is 6.88. The fourth-order valence-electron chi connectivity index (χ4n) is 3.31. The van der Waals surface area contributed by atoms with Gasteiger partial charge in [0.2, 0.25) is 5.91 Å². The van der Waals surface area contributed by atoms with Crippen LogP contribution >= 0.6 is 12.4 Å². The summed E-state index contributed by atoms with van der Waals surface area (Å²) in [6.45, 7) is 3.72. The number of amides is 1. The molecule has 2 saturated heterocycles. The lowest BCUT2D eigenvalue weighted by atomic mass is 10.1. The predicted octanol–water partition coefficient (Wildman–Crippen LogP) is 0.567. The quantitative estimate of drug-likeness (QED) is 0.808. The topological polar surface area (TPSA) is 50.8 Å². The fraction of sp³-hybridized carbons (Fsp3) is 0.923. The Bertz CT molecular complexity index is 310. The number of carbonyl (C=O) groups is 1. The van der Waals surface area contributed by atoms with E-state index in [1.54, 1.807) is 0 Å². The van der Waals surface area contributed by atoms with Crippen molar-refractivity contribution < 1.29 is 14.3 Å². The van der Waals surface area contributed by atoms with Crippen LogP contribution in [0.15, 0.2) is 0 Å². The third-order valence-corrected chi connectivity index (χ3v) is 4.22. The molecule has 3 aliphatic rings. The monoisotopic (exact) mass is 290 g/mol. The molecule has 1 saturated carbocycles. The highest BCUT2D eigenvalue weighted by atomic mass is 35.5. The van der Waals surface area contributed by atoms with Gasteiger partial charge in [-0.05, 0) is 19.3 Å². The summed E-state index contributed by atoms with van der Waals surface area (Å²) < 4.78 is 11.1. The first-order valence-electron chi connectivity index (χ1n) is 7.07. The number of rotatable bonds is 2. The molecule has 1 N–H and O–H groups in total. The Morgan fingerprint density at radius 1 is 1.32 bits per heavy atom. The van der Waals surface area contributed by atoms with E-state index in [0.717, 1.165) is 32.5 Å². The molecule has 110 valence electrons. The average Bonchev–Trinajstić information content (AvgIpc) is 2.87. The van der Waals surface area contributed by atoms with Crippen LogP contribution in [0, 0.1) is 0 Å². The Hall–Kier alpha value is -0.360. The lowest BCUT2D eigenvalue weighted by Crippen LogP contribution is -2.53. The van der Waals surface area contributed by atoms with Gasteiger partial charge in [0, 0.05) is 25.6 Å². The molecule has 5 nitrogen and oxygen atoms in total. The summed E-state index contributed by atoms with van der Waals surface area (Å²) in [6.07, 6.45) is 4.25. The lowest BCUT2D eigenvalue weighted by Gasteiger charge is -2.38. The molecule has 19 heavy (non-hydrogen) atoms. The highest BCUT2D eigenvalue weighted by molar-refractivity contribution is 5.85. The van der Waals surface area contributed by atoms with E-state index in [1.807, 2.05) is 0 Å². The van der Waals surface area contributed by atoms with Crippen LogP contribution in [0.5, 0.6) is 0 Å². The van der Waals surface area contributed by atoms with Crippen LogP contribution in [0.25, 0.3) is 0 Å². The van der Waals surface area contributed by atoms with E-state index in [2.05, 4.69) is 10.2 Å². The minimum absolute atomic E-state index is 0. The summed E-state index contributed by atoms with van der Waals surface area (Å²) >= 11 is 0. The van der Waals surface area contributed by atoms with Gasteiger partial charge < -0.3 is 19.7 Å². The van der Waals surface area contributed by atoms with Crippen LogP contribution < -0.4 is 5.32 Å². The molecule has 0 bridgehead atoms. The van der Waals surface area contributed by atoms with Gasteiger partial charge in [-0.3, -0.25) is 4.79 Å². The molecule has 0 spiro atoms. The van der Waals surface area contributed by atoms with Crippen LogP contribution in [0.4, 0.5) is 0 Å². The van der Waals surface area contributed by atoms with E-state index in [0.29, 0.717) is 31.8 Å². The van der Waals surface area contributed by atoms with Gasteiger partial charge in [-0.2, -0.15) is 0 Å². The van der Waals surface area contributed by atoms with Crippen molar-refractivity contribution in [2.45, 2.75) is 43.9 Å². The van der Waals surface area contributed by atoms with Gasteiger partial charge in [-0.25, -0.2) is 0 Å². The van der Waals surface area contributed by atoms with Crippen molar-refractivity contribution in [1.29, 1.82) is 0 Å². The first-order valence-corrected chi connectivity index (χ1v) is 7.07. The number of halogens is 1. The molecule has 3 unspecified atom stereocenters. The molecular weight excluding hydrogens is 268 g/mol. The van der Waals surface area contributed by atoms with Crippen LogP contribution in [0.3, 0.4) is 0 Å². The second-order valence-corrected chi connectivity index (χ2v) is 5.42. The van der Waals surface area contributed by atoms with Gasteiger partial charge in [-0.1, -0.05) is 0 Å². The average molecular weight is 291 g/mol. The predicted molar refractivity (Wildman–Crippen MR) is 73.6 cm³/mol. The number of hydrogen-bond donors (Lipinski definition) is 1. The summed E-state index contributed by atoms with van der Waals surface area (Å²) in [6, 6.07) is 0.518. The summed E-state index contributed by atoms with van der Waals surface area (Å²) in [7, 11) is 0. The summed E-state index contributed by atoms with van der Waals surface area (Å²) in [5.74, 6) is 0.262. The van der Waals surface area contributed by atoms with Gasteiger partial charge in [0.25, 0.3) is 0 Å². The molecule has 3 fully saturated rings. The Labute approximate surface area is 120 Å². The minimum Gasteiger partial charge on any atom is -0.378 e. The minimum atomic E-state index is 0. The maximum Gasteiger partial charge on any atom is 0.224 e. The normalized spacial score (nSPS) is 34.5. The molecule has 1 amide bonds. The van der Waals surface area contributed by atoms with E-state index in [1.165, 1.54) is 6.42 Å². The smallest absolute Gasteiger partial charge is 0.224 e. The highest BCUT2D eigenvalue weighted by Gasteiger charge is 2.38. The van der Waals surface area contributed by atoms with Gasteiger partial charge in [0.15, 0.2) is 0 Å². The number of hydrogen-bond acceptors (Lipinski definition) is 4. The van der Waals surface area contributed by atoms with Gasteiger partial charge in [0.1, 0.15) is 0 Å². The lowest BCUT2D eigenvalue weighted by molar-refractivity contribution is -0.145. The molecule has 0 aromatic carbocycles. The van der Waals surface area contributed by atoms with Crippen LogP contribution in [-0.4, -0.2) is 61.9 Å². The maximum atomic E-state index is 12.4. The van der Waals surface area contributed by atoms with Gasteiger partial charge in [-0.15, -0.1) is 12.4 Å². The number of fused-ring (bicyclic) bond motifs is 1. The van der Waals surface area contributed by atoms with E-state index >= 15 is 0 Å². The first kappa shape index (κ1) is 15.0. The third-order valence-electron chi connectivity index (χ3n) is 4.22. The van der Waals surface area contributed by atoms with Crippen LogP contribution in [0.2, 0.25) is 0 Å². The van der Waals surface area contributed by atoms with Crippen molar-refractivity contribution in [3.05, 3.63) is 0 Å². The van der Waals surface area contributed by atoms with Crippen molar-refractivity contribution in [3.63, 3.8) is 0 Å².